The maximum atomic E-state index is 12.6. The fourth-order valence-electron chi connectivity index (χ4n) is 2.36. The minimum absolute atomic E-state index is 0.0788. The van der Waals surface area contributed by atoms with E-state index in [0.717, 1.165) is 5.39 Å². The summed E-state index contributed by atoms with van der Waals surface area (Å²) < 4.78 is 0. The van der Waals surface area contributed by atoms with E-state index in [0.29, 0.717) is 30.0 Å². The number of nitrogens with two attached hydrogens (primary N) is 1. The number of carbonyl (C=O) groups excluding carboxylic acids is 2. The zero-order chi connectivity index (χ0) is 14.1. The average molecular weight is 270 g/mol. The third-order valence-electron chi connectivity index (χ3n) is 3.29. The maximum absolute atomic E-state index is 12.6. The largest absolute Gasteiger partial charge is 0.384 e. The van der Waals surface area contributed by atoms with Gasteiger partial charge in [0.05, 0.1) is 17.6 Å². The van der Waals surface area contributed by atoms with Crippen LogP contribution in [0.15, 0.2) is 30.3 Å². The quantitative estimate of drug-likeness (QED) is 0.784. The van der Waals surface area contributed by atoms with Gasteiger partial charge in [0, 0.05) is 18.5 Å². The van der Waals surface area contributed by atoms with E-state index in [2.05, 4.69) is 10.3 Å². The molecular weight excluding hydrogens is 256 g/mol. The second-order valence-electron chi connectivity index (χ2n) is 4.69. The van der Waals surface area contributed by atoms with Crippen LogP contribution in [0.2, 0.25) is 0 Å². The first-order valence-corrected chi connectivity index (χ1v) is 6.36. The fourth-order valence-corrected chi connectivity index (χ4v) is 2.36. The van der Waals surface area contributed by atoms with E-state index in [4.69, 9.17) is 5.73 Å². The zero-order valence-corrected chi connectivity index (χ0v) is 10.8. The molecule has 6 nitrogen and oxygen atoms in total. The van der Waals surface area contributed by atoms with Crippen molar-refractivity contribution in [2.24, 2.45) is 0 Å². The van der Waals surface area contributed by atoms with E-state index in [1.54, 1.807) is 6.07 Å². The number of nitrogen functional groups attached to an aromatic ring is 1. The summed E-state index contributed by atoms with van der Waals surface area (Å²) >= 11 is 0. The topological polar surface area (TPSA) is 88.3 Å². The monoisotopic (exact) mass is 270 g/mol. The maximum Gasteiger partial charge on any atom is 0.255 e. The molecule has 0 unspecified atom stereocenters. The van der Waals surface area contributed by atoms with Gasteiger partial charge in [-0.1, -0.05) is 18.2 Å². The van der Waals surface area contributed by atoms with E-state index in [-0.39, 0.29) is 18.4 Å². The predicted molar refractivity (Wildman–Crippen MR) is 75.1 cm³/mol. The molecule has 0 aliphatic carbocycles. The van der Waals surface area contributed by atoms with Crippen molar-refractivity contribution in [2.45, 2.75) is 0 Å². The second-order valence-corrected chi connectivity index (χ2v) is 4.69. The zero-order valence-electron chi connectivity index (χ0n) is 10.8. The molecule has 3 N–H and O–H groups in total. The van der Waals surface area contributed by atoms with Gasteiger partial charge in [-0.3, -0.25) is 9.59 Å². The smallest absolute Gasteiger partial charge is 0.255 e. The number of pyridine rings is 1. The Kier molecular flexibility index (Phi) is 2.98. The standard InChI is InChI=1S/C14H14N4O2/c15-12-7-10(9-3-1-2-4-11(9)17-12)14(20)18-6-5-16-13(19)8-18/h1-4,7H,5-6,8H2,(H2,15,17)(H,16,19). The Labute approximate surface area is 115 Å². The summed E-state index contributed by atoms with van der Waals surface area (Å²) in [4.78, 5) is 29.7. The number of fused-ring (bicyclic) bond motifs is 1. The Bertz CT molecular complexity index is 699. The highest BCUT2D eigenvalue weighted by Gasteiger charge is 2.24. The summed E-state index contributed by atoms with van der Waals surface area (Å²) in [5, 5.41) is 3.44. The van der Waals surface area contributed by atoms with Crippen molar-refractivity contribution >= 4 is 28.5 Å². The van der Waals surface area contributed by atoms with E-state index in [1.165, 1.54) is 4.90 Å². The van der Waals surface area contributed by atoms with Crippen LogP contribution in [-0.4, -0.2) is 41.3 Å². The molecular formula is C14H14N4O2. The van der Waals surface area contributed by atoms with Crippen LogP contribution in [-0.2, 0) is 4.79 Å². The molecule has 0 radical (unpaired) electrons. The molecule has 1 aliphatic heterocycles. The third-order valence-corrected chi connectivity index (χ3v) is 3.29. The lowest BCUT2D eigenvalue weighted by Crippen LogP contribution is -2.50. The van der Waals surface area contributed by atoms with Crippen molar-refractivity contribution < 1.29 is 9.59 Å². The van der Waals surface area contributed by atoms with Crippen molar-refractivity contribution in [1.82, 2.24) is 15.2 Å². The number of rotatable bonds is 1. The molecule has 1 fully saturated rings. The van der Waals surface area contributed by atoms with Gasteiger partial charge in [0.1, 0.15) is 5.82 Å². The Morgan fingerprint density at radius 3 is 2.95 bits per heavy atom. The minimum atomic E-state index is -0.190. The molecule has 1 aliphatic rings. The lowest BCUT2D eigenvalue weighted by atomic mass is 10.1. The van der Waals surface area contributed by atoms with Gasteiger partial charge in [-0.15, -0.1) is 0 Å². The van der Waals surface area contributed by atoms with Crippen LogP contribution in [0.1, 0.15) is 10.4 Å². The molecule has 3 rings (SSSR count). The van der Waals surface area contributed by atoms with Gasteiger partial charge < -0.3 is 16.0 Å². The number of amides is 2. The lowest BCUT2D eigenvalue weighted by molar-refractivity contribution is -0.123. The van der Waals surface area contributed by atoms with Crippen molar-refractivity contribution in [1.29, 1.82) is 0 Å². The molecule has 1 saturated heterocycles. The van der Waals surface area contributed by atoms with Crippen molar-refractivity contribution in [3.63, 3.8) is 0 Å². The highest BCUT2D eigenvalue weighted by Crippen LogP contribution is 2.21. The molecule has 2 aromatic rings. The number of carbonyl (C=O) groups is 2. The van der Waals surface area contributed by atoms with Gasteiger partial charge >= 0.3 is 0 Å². The molecule has 2 amide bonds. The summed E-state index contributed by atoms with van der Waals surface area (Å²) in [5.41, 5.74) is 6.92. The summed E-state index contributed by atoms with van der Waals surface area (Å²) in [6.45, 7) is 1.06. The van der Waals surface area contributed by atoms with Crippen molar-refractivity contribution in [3.05, 3.63) is 35.9 Å². The van der Waals surface area contributed by atoms with Crippen LogP contribution in [0.3, 0.4) is 0 Å². The SMILES string of the molecule is Nc1cc(C(=O)N2CCNC(=O)C2)c2ccccc2n1. The third kappa shape index (κ3) is 2.16. The number of piperazine rings is 1. The Morgan fingerprint density at radius 2 is 2.15 bits per heavy atom. The first-order chi connectivity index (χ1) is 9.65. The number of anilines is 1. The van der Waals surface area contributed by atoms with Gasteiger partial charge in [0.15, 0.2) is 0 Å². The minimum Gasteiger partial charge on any atom is -0.384 e. The van der Waals surface area contributed by atoms with E-state index >= 15 is 0 Å². The van der Waals surface area contributed by atoms with Crippen LogP contribution in [0.4, 0.5) is 5.82 Å². The molecule has 20 heavy (non-hydrogen) atoms. The first-order valence-electron chi connectivity index (χ1n) is 6.36. The number of para-hydroxylation sites is 1. The molecule has 0 bridgehead atoms. The summed E-state index contributed by atoms with van der Waals surface area (Å²) in [6, 6.07) is 8.90. The molecule has 0 spiro atoms. The van der Waals surface area contributed by atoms with Gasteiger partial charge in [0.25, 0.3) is 5.91 Å². The normalized spacial score (nSPS) is 15.2. The number of hydrogen-bond donors (Lipinski definition) is 2. The predicted octanol–water partition coefficient (Wildman–Crippen LogP) is 0.389. The highest BCUT2D eigenvalue weighted by atomic mass is 16.2. The van der Waals surface area contributed by atoms with Gasteiger partial charge in [-0.2, -0.15) is 0 Å². The van der Waals surface area contributed by atoms with Crippen LogP contribution < -0.4 is 11.1 Å². The molecule has 2 heterocycles. The van der Waals surface area contributed by atoms with Crippen molar-refractivity contribution in [3.8, 4) is 0 Å². The average Bonchev–Trinajstić information content (AvgIpc) is 2.45. The van der Waals surface area contributed by atoms with Crippen LogP contribution in [0.5, 0.6) is 0 Å². The molecule has 102 valence electrons. The fraction of sp³-hybridized carbons (Fsp3) is 0.214. The lowest BCUT2D eigenvalue weighted by Gasteiger charge is -2.27. The van der Waals surface area contributed by atoms with E-state index in [1.807, 2.05) is 24.3 Å². The number of nitrogens with one attached hydrogen (secondary N) is 1. The number of benzene rings is 1. The number of hydrogen-bond acceptors (Lipinski definition) is 4. The van der Waals surface area contributed by atoms with Crippen molar-refractivity contribution in [2.75, 3.05) is 25.4 Å². The Balaban J connectivity index is 2.04. The second kappa shape index (κ2) is 4.80. The number of nitrogens with zero attached hydrogens (tertiary/aromatic N) is 2. The molecule has 1 aromatic carbocycles. The molecule has 0 saturated carbocycles. The van der Waals surface area contributed by atoms with Gasteiger partial charge in [-0.05, 0) is 12.1 Å². The molecule has 6 heteroatoms. The van der Waals surface area contributed by atoms with E-state index in [9.17, 15) is 9.59 Å². The van der Waals surface area contributed by atoms with Crippen LogP contribution >= 0.6 is 0 Å². The summed E-state index contributed by atoms with van der Waals surface area (Å²) in [6.07, 6.45) is 0. The summed E-state index contributed by atoms with van der Waals surface area (Å²) in [5.74, 6) is -0.0328. The van der Waals surface area contributed by atoms with Crippen LogP contribution in [0.25, 0.3) is 10.9 Å². The Hall–Kier alpha value is -2.63. The number of aromatic nitrogens is 1. The molecule has 1 aromatic heterocycles. The van der Waals surface area contributed by atoms with Gasteiger partial charge in [-0.25, -0.2) is 4.98 Å². The van der Waals surface area contributed by atoms with E-state index < -0.39 is 0 Å². The Morgan fingerprint density at radius 1 is 1.35 bits per heavy atom. The highest BCUT2D eigenvalue weighted by molar-refractivity contribution is 6.07. The van der Waals surface area contributed by atoms with Gasteiger partial charge in [0.2, 0.25) is 5.91 Å². The first kappa shape index (κ1) is 12.4. The van der Waals surface area contributed by atoms with Crippen LogP contribution in [0, 0.1) is 0 Å². The summed E-state index contributed by atoms with van der Waals surface area (Å²) in [7, 11) is 0. The molecule has 0 atom stereocenters.